The largest absolute Gasteiger partial charge is 0.338 e. The van der Waals surface area contributed by atoms with Crippen molar-refractivity contribution >= 4 is 17.4 Å². The van der Waals surface area contributed by atoms with E-state index in [0.29, 0.717) is 5.92 Å². The highest BCUT2D eigenvalue weighted by atomic mass is 32.1. The van der Waals surface area contributed by atoms with Crippen LogP contribution in [0.2, 0.25) is 0 Å². The van der Waals surface area contributed by atoms with Gasteiger partial charge in [-0.2, -0.15) is 0 Å². The van der Waals surface area contributed by atoms with Crippen molar-refractivity contribution in [3.05, 3.63) is 10.6 Å². The predicted molar refractivity (Wildman–Crippen MR) is 68.2 cm³/mol. The summed E-state index contributed by atoms with van der Waals surface area (Å²) in [6.07, 6.45) is 4.31. The molecule has 1 saturated heterocycles. The molecule has 1 amide bonds. The van der Waals surface area contributed by atoms with E-state index in [4.69, 9.17) is 0 Å². The molecule has 1 aliphatic rings. The van der Waals surface area contributed by atoms with E-state index in [1.807, 2.05) is 11.8 Å². The van der Waals surface area contributed by atoms with Crippen LogP contribution in [0.15, 0.2) is 0 Å². The minimum absolute atomic E-state index is 0.134. The second-order valence-corrected chi connectivity index (χ2v) is 5.32. The molecule has 2 heterocycles. The van der Waals surface area contributed by atoms with Gasteiger partial charge in [-0.1, -0.05) is 24.8 Å². The molecule has 0 aromatic carbocycles. The average molecular weight is 253 g/mol. The topological polar surface area (TPSA) is 46.1 Å². The summed E-state index contributed by atoms with van der Waals surface area (Å²) in [6, 6.07) is 0. The number of aromatic nitrogens is 2. The van der Waals surface area contributed by atoms with Gasteiger partial charge >= 0.3 is 0 Å². The van der Waals surface area contributed by atoms with Gasteiger partial charge < -0.3 is 4.90 Å². The van der Waals surface area contributed by atoms with Gasteiger partial charge in [0.2, 0.25) is 0 Å². The Morgan fingerprint density at radius 1 is 1.53 bits per heavy atom. The summed E-state index contributed by atoms with van der Waals surface area (Å²) in [5, 5.41) is 4.01. The molecule has 0 saturated carbocycles. The molecule has 0 unspecified atom stereocenters. The highest BCUT2D eigenvalue weighted by Gasteiger charge is 2.26. The lowest BCUT2D eigenvalue weighted by Gasteiger charge is -2.32. The Bertz CT molecular complexity index is 391. The molecule has 0 N–H and O–H groups in total. The summed E-state index contributed by atoms with van der Waals surface area (Å²) in [7, 11) is 0. The Labute approximate surface area is 106 Å². The van der Waals surface area contributed by atoms with Crippen molar-refractivity contribution in [2.24, 2.45) is 5.92 Å². The molecule has 17 heavy (non-hydrogen) atoms. The molecule has 1 atom stereocenters. The number of carbonyl (C=O) groups is 1. The Kier molecular flexibility index (Phi) is 4.10. The summed E-state index contributed by atoms with van der Waals surface area (Å²) in [5.41, 5.74) is 0.846. The molecule has 1 fully saturated rings. The second kappa shape index (κ2) is 5.58. The minimum Gasteiger partial charge on any atom is -0.338 e. The molecule has 0 spiro atoms. The summed E-state index contributed by atoms with van der Waals surface area (Å²) >= 11 is 1.23. The van der Waals surface area contributed by atoms with Crippen molar-refractivity contribution in [1.82, 2.24) is 14.5 Å². The smallest absolute Gasteiger partial charge is 0.267 e. The van der Waals surface area contributed by atoms with Crippen LogP contribution in [-0.2, 0) is 6.42 Å². The highest BCUT2D eigenvalue weighted by Crippen LogP contribution is 2.22. The second-order valence-electron chi connectivity index (χ2n) is 4.57. The van der Waals surface area contributed by atoms with Crippen LogP contribution in [0.3, 0.4) is 0 Å². The average Bonchev–Trinajstić information content (AvgIpc) is 2.86. The van der Waals surface area contributed by atoms with Gasteiger partial charge in [-0.3, -0.25) is 4.79 Å². The van der Waals surface area contributed by atoms with Crippen LogP contribution < -0.4 is 0 Å². The fourth-order valence-corrected chi connectivity index (χ4v) is 3.05. The van der Waals surface area contributed by atoms with Gasteiger partial charge in [0, 0.05) is 13.1 Å². The number of piperidine rings is 1. The summed E-state index contributed by atoms with van der Waals surface area (Å²) < 4.78 is 3.89. The first kappa shape index (κ1) is 12.5. The quantitative estimate of drug-likeness (QED) is 0.830. The molecule has 5 heteroatoms. The maximum Gasteiger partial charge on any atom is 0.267 e. The molecule has 1 aromatic heterocycles. The predicted octanol–water partition coefficient (Wildman–Crippen LogP) is 2.36. The molecular formula is C12H19N3OS. The lowest BCUT2D eigenvalue weighted by molar-refractivity contribution is 0.0675. The van der Waals surface area contributed by atoms with Gasteiger partial charge in [-0.25, -0.2) is 0 Å². The van der Waals surface area contributed by atoms with Crippen molar-refractivity contribution < 1.29 is 4.79 Å². The molecule has 0 bridgehead atoms. The third-order valence-corrected chi connectivity index (χ3v) is 4.22. The normalized spacial score (nSPS) is 20.6. The Balaban J connectivity index is 2.09. The van der Waals surface area contributed by atoms with Crippen molar-refractivity contribution in [3.8, 4) is 0 Å². The number of aryl methyl sites for hydroxylation is 1. The fraction of sp³-hybridized carbons (Fsp3) is 0.750. The van der Waals surface area contributed by atoms with Crippen molar-refractivity contribution in [1.29, 1.82) is 0 Å². The van der Waals surface area contributed by atoms with Gasteiger partial charge in [0.1, 0.15) is 4.88 Å². The zero-order valence-electron chi connectivity index (χ0n) is 10.5. The monoisotopic (exact) mass is 253 g/mol. The highest BCUT2D eigenvalue weighted by molar-refractivity contribution is 7.08. The number of hydrogen-bond acceptors (Lipinski definition) is 4. The first-order valence-corrected chi connectivity index (χ1v) is 7.14. The molecule has 1 aromatic rings. The molecule has 2 rings (SSSR count). The Morgan fingerprint density at radius 3 is 3.06 bits per heavy atom. The number of nitrogens with zero attached hydrogens (tertiary/aromatic N) is 3. The molecule has 0 radical (unpaired) electrons. The van der Waals surface area contributed by atoms with E-state index in [-0.39, 0.29) is 5.91 Å². The molecule has 4 nitrogen and oxygen atoms in total. The molecular weight excluding hydrogens is 234 g/mol. The van der Waals surface area contributed by atoms with E-state index >= 15 is 0 Å². The first-order chi connectivity index (χ1) is 8.26. The zero-order valence-corrected chi connectivity index (χ0v) is 11.3. The summed E-state index contributed by atoms with van der Waals surface area (Å²) in [5.74, 6) is 0.800. The van der Waals surface area contributed by atoms with Crippen LogP contribution in [0.5, 0.6) is 0 Å². The summed E-state index contributed by atoms with van der Waals surface area (Å²) in [6.45, 7) is 6.00. The maximum absolute atomic E-state index is 12.4. The number of amides is 1. The van der Waals surface area contributed by atoms with Gasteiger partial charge in [0.25, 0.3) is 5.91 Å². The van der Waals surface area contributed by atoms with Gasteiger partial charge in [-0.15, -0.1) is 5.10 Å². The number of carbonyl (C=O) groups excluding carboxylic acids is 1. The maximum atomic E-state index is 12.4. The summed E-state index contributed by atoms with van der Waals surface area (Å²) in [4.78, 5) is 15.1. The van der Waals surface area contributed by atoms with Gasteiger partial charge in [0.15, 0.2) is 0 Å². The van der Waals surface area contributed by atoms with Crippen molar-refractivity contribution in [2.45, 2.75) is 39.5 Å². The Hall–Kier alpha value is -0.970. The van der Waals surface area contributed by atoms with Crippen LogP contribution >= 0.6 is 11.5 Å². The van der Waals surface area contributed by atoms with E-state index < -0.39 is 0 Å². The zero-order chi connectivity index (χ0) is 12.3. The van der Waals surface area contributed by atoms with Crippen molar-refractivity contribution in [2.75, 3.05) is 13.1 Å². The van der Waals surface area contributed by atoms with Crippen LogP contribution in [-0.4, -0.2) is 33.5 Å². The fourth-order valence-electron chi connectivity index (χ4n) is 2.33. The third kappa shape index (κ3) is 2.65. The van der Waals surface area contributed by atoms with E-state index in [2.05, 4.69) is 16.5 Å². The van der Waals surface area contributed by atoms with E-state index in [1.165, 1.54) is 18.0 Å². The van der Waals surface area contributed by atoms with Crippen molar-refractivity contribution in [3.63, 3.8) is 0 Å². The molecule has 94 valence electrons. The molecule has 1 aliphatic heterocycles. The van der Waals surface area contributed by atoms with Crippen LogP contribution in [0.25, 0.3) is 0 Å². The molecule has 0 aliphatic carbocycles. The van der Waals surface area contributed by atoms with Gasteiger partial charge in [0.05, 0.1) is 5.69 Å². The SMILES string of the molecule is CCc1nnsc1C(=O)N1CCC[C@@H](CC)C1. The minimum atomic E-state index is 0.134. The first-order valence-electron chi connectivity index (χ1n) is 6.36. The Morgan fingerprint density at radius 2 is 2.35 bits per heavy atom. The lowest BCUT2D eigenvalue weighted by Crippen LogP contribution is -2.39. The van der Waals surface area contributed by atoms with Gasteiger partial charge in [-0.05, 0) is 36.7 Å². The van der Waals surface area contributed by atoms with Crippen LogP contribution in [0.1, 0.15) is 48.5 Å². The van der Waals surface area contributed by atoms with E-state index in [1.54, 1.807) is 0 Å². The number of hydrogen-bond donors (Lipinski definition) is 0. The lowest BCUT2D eigenvalue weighted by atomic mass is 9.95. The standard InChI is InChI=1S/C12H19N3OS/c1-3-9-6-5-7-15(8-9)12(16)11-10(4-2)13-14-17-11/h9H,3-8H2,1-2H3/t9-/m1/s1. The number of rotatable bonds is 3. The third-order valence-electron chi connectivity index (χ3n) is 3.47. The van der Waals surface area contributed by atoms with E-state index in [0.717, 1.165) is 42.9 Å². The van der Waals surface area contributed by atoms with E-state index in [9.17, 15) is 4.79 Å². The van der Waals surface area contributed by atoms with Crippen LogP contribution in [0.4, 0.5) is 0 Å². The number of likely N-dealkylation sites (tertiary alicyclic amines) is 1. The van der Waals surface area contributed by atoms with Crippen LogP contribution in [0, 0.1) is 5.92 Å².